The van der Waals surface area contributed by atoms with Gasteiger partial charge in [0.1, 0.15) is 5.82 Å². The van der Waals surface area contributed by atoms with Crippen LogP contribution in [0.1, 0.15) is 32.1 Å². The van der Waals surface area contributed by atoms with E-state index in [4.69, 9.17) is 5.73 Å². The van der Waals surface area contributed by atoms with Crippen molar-refractivity contribution in [1.29, 1.82) is 0 Å². The van der Waals surface area contributed by atoms with Gasteiger partial charge < -0.3 is 11.1 Å². The molecule has 0 aromatic heterocycles. The third kappa shape index (κ3) is 4.99. The molecule has 152 valence electrons. The Balaban J connectivity index is 0.00000261. The Kier molecular flexibility index (Phi) is 7.62. The minimum absolute atomic E-state index is 0. The van der Waals surface area contributed by atoms with E-state index in [0.29, 0.717) is 31.8 Å². The average molecular weight is 420 g/mol. The molecule has 27 heavy (non-hydrogen) atoms. The van der Waals surface area contributed by atoms with Crippen molar-refractivity contribution in [2.24, 2.45) is 17.6 Å². The van der Waals surface area contributed by atoms with Crippen LogP contribution in [0.3, 0.4) is 0 Å². The highest BCUT2D eigenvalue weighted by Crippen LogP contribution is 2.27. The highest BCUT2D eigenvalue weighted by atomic mass is 35.5. The maximum Gasteiger partial charge on any atom is 0.243 e. The third-order valence-electron chi connectivity index (χ3n) is 5.50. The zero-order valence-corrected chi connectivity index (χ0v) is 16.8. The number of piperidine rings is 1. The van der Waals surface area contributed by atoms with Crippen molar-refractivity contribution in [3.8, 4) is 0 Å². The van der Waals surface area contributed by atoms with Gasteiger partial charge in [0, 0.05) is 19.1 Å². The molecule has 0 radical (unpaired) electrons. The van der Waals surface area contributed by atoms with Gasteiger partial charge in [-0.05, 0) is 62.4 Å². The summed E-state index contributed by atoms with van der Waals surface area (Å²) in [5.74, 6) is -0.625. The van der Waals surface area contributed by atoms with Crippen LogP contribution in [0, 0.1) is 17.7 Å². The molecular weight excluding hydrogens is 393 g/mol. The van der Waals surface area contributed by atoms with Crippen molar-refractivity contribution in [2.75, 3.05) is 19.6 Å². The number of hydrogen-bond acceptors (Lipinski definition) is 4. The van der Waals surface area contributed by atoms with Crippen molar-refractivity contribution in [3.63, 3.8) is 0 Å². The molecule has 1 amide bonds. The van der Waals surface area contributed by atoms with E-state index < -0.39 is 15.8 Å². The van der Waals surface area contributed by atoms with E-state index in [1.165, 1.54) is 16.4 Å². The van der Waals surface area contributed by atoms with Gasteiger partial charge in [-0.25, -0.2) is 12.8 Å². The number of rotatable bonds is 5. The fourth-order valence-corrected chi connectivity index (χ4v) is 5.46. The summed E-state index contributed by atoms with van der Waals surface area (Å²) in [7, 11) is -3.72. The lowest BCUT2D eigenvalue weighted by Crippen LogP contribution is -2.48. The third-order valence-corrected chi connectivity index (χ3v) is 7.38. The minimum atomic E-state index is -3.72. The lowest BCUT2D eigenvalue weighted by molar-refractivity contribution is -0.127. The van der Waals surface area contributed by atoms with Crippen LogP contribution < -0.4 is 11.1 Å². The van der Waals surface area contributed by atoms with E-state index in [0.717, 1.165) is 31.4 Å². The number of nitrogens with two attached hydrogens (primary N) is 1. The van der Waals surface area contributed by atoms with Gasteiger partial charge in [-0.2, -0.15) is 4.31 Å². The van der Waals surface area contributed by atoms with Gasteiger partial charge in [0.15, 0.2) is 0 Å². The number of hydrogen-bond donors (Lipinski definition) is 2. The lowest BCUT2D eigenvalue weighted by atomic mass is 9.97. The van der Waals surface area contributed by atoms with Gasteiger partial charge >= 0.3 is 0 Å². The van der Waals surface area contributed by atoms with Crippen molar-refractivity contribution in [3.05, 3.63) is 30.1 Å². The highest BCUT2D eigenvalue weighted by Gasteiger charge is 2.35. The van der Waals surface area contributed by atoms with Gasteiger partial charge in [0.05, 0.1) is 10.8 Å². The smallest absolute Gasteiger partial charge is 0.243 e. The van der Waals surface area contributed by atoms with Crippen molar-refractivity contribution in [1.82, 2.24) is 9.62 Å². The number of carbonyl (C=O) groups excluding carboxylic acids is 1. The number of amides is 1. The van der Waals surface area contributed by atoms with Crippen LogP contribution in [0.25, 0.3) is 0 Å². The summed E-state index contributed by atoms with van der Waals surface area (Å²) in [4.78, 5) is 12.7. The summed E-state index contributed by atoms with van der Waals surface area (Å²) in [6.07, 6.45) is 4.31. The molecule has 1 saturated heterocycles. The molecule has 1 heterocycles. The first-order chi connectivity index (χ1) is 12.4. The van der Waals surface area contributed by atoms with Crippen molar-refractivity contribution >= 4 is 28.3 Å². The van der Waals surface area contributed by atoms with Gasteiger partial charge in [0.2, 0.25) is 15.9 Å². The van der Waals surface area contributed by atoms with E-state index in [-0.39, 0.29) is 41.7 Å². The Morgan fingerprint density at radius 1 is 1.19 bits per heavy atom. The fraction of sp³-hybridized carbons (Fsp3) is 0.611. The molecule has 6 nitrogen and oxygen atoms in total. The van der Waals surface area contributed by atoms with E-state index in [9.17, 15) is 17.6 Å². The maximum absolute atomic E-state index is 13.1. The van der Waals surface area contributed by atoms with Gasteiger partial charge in [-0.15, -0.1) is 12.4 Å². The summed E-state index contributed by atoms with van der Waals surface area (Å²) >= 11 is 0. The molecule has 2 aliphatic rings. The normalized spacial score (nSPS) is 26.4. The predicted molar refractivity (Wildman–Crippen MR) is 103 cm³/mol. The molecule has 3 rings (SSSR count). The number of sulfonamides is 1. The first kappa shape index (κ1) is 22.1. The molecule has 9 heteroatoms. The first-order valence-corrected chi connectivity index (χ1v) is 10.6. The average Bonchev–Trinajstić information content (AvgIpc) is 3.09. The van der Waals surface area contributed by atoms with Gasteiger partial charge in [-0.3, -0.25) is 4.79 Å². The summed E-state index contributed by atoms with van der Waals surface area (Å²) in [5, 5.41) is 3.08. The monoisotopic (exact) mass is 419 g/mol. The Morgan fingerprint density at radius 2 is 1.89 bits per heavy atom. The van der Waals surface area contributed by atoms with E-state index in [1.807, 2.05) is 0 Å². The zero-order chi connectivity index (χ0) is 18.7. The maximum atomic E-state index is 13.1. The fourth-order valence-electron chi connectivity index (χ4n) is 3.94. The molecular formula is C18H27ClFN3O3S. The molecule has 1 aromatic carbocycles. The second-order valence-corrected chi connectivity index (χ2v) is 9.14. The molecule has 3 unspecified atom stereocenters. The summed E-state index contributed by atoms with van der Waals surface area (Å²) in [5.41, 5.74) is 5.77. The van der Waals surface area contributed by atoms with Crippen LogP contribution in [-0.4, -0.2) is 44.3 Å². The first-order valence-electron chi connectivity index (χ1n) is 9.18. The van der Waals surface area contributed by atoms with Crippen LogP contribution in [-0.2, 0) is 14.8 Å². The number of benzene rings is 1. The quantitative estimate of drug-likeness (QED) is 0.762. The lowest BCUT2D eigenvalue weighted by Gasteiger charge is -2.32. The minimum Gasteiger partial charge on any atom is -0.353 e. The van der Waals surface area contributed by atoms with Crippen LogP contribution in [0.4, 0.5) is 4.39 Å². The molecule has 3 N–H and O–H groups in total. The Hall–Kier alpha value is -1.22. The van der Waals surface area contributed by atoms with Crippen LogP contribution in [0.5, 0.6) is 0 Å². The van der Waals surface area contributed by atoms with Gasteiger partial charge in [0.25, 0.3) is 0 Å². The van der Waals surface area contributed by atoms with Crippen LogP contribution in [0.15, 0.2) is 29.2 Å². The zero-order valence-electron chi connectivity index (χ0n) is 15.1. The predicted octanol–water partition coefficient (Wildman–Crippen LogP) is 1.89. The molecule has 1 saturated carbocycles. The number of carbonyl (C=O) groups is 1. The Labute approximate surface area is 166 Å². The van der Waals surface area contributed by atoms with Crippen molar-refractivity contribution in [2.45, 2.75) is 43.0 Å². The number of nitrogens with one attached hydrogen (secondary N) is 1. The second-order valence-electron chi connectivity index (χ2n) is 7.20. The molecule has 1 aromatic rings. The molecule has 2 fully saturated rings. The largest absolute Gasteiger partial charge is 0.353 e. The molecule has 1 aliphatic carbocycles. The number of nitrogens with zero attached hydrogens (tertiary/aromatic N) is 1. The van der Waals surface area contributed by atoms with E-state index >= 15 is 0 Å². The van der Waals surface area contributed by atoms with Crippen LogP contribution >= 0.6 is 12.4 Å². The summed E-state index contributed by atoms with van der Waals surface area (Å²) in [6.45, 7) is 1.09. The topological polar surface area (TPSA) is 92.5 Å². The standard InChI is InChI=1S/C18H26FN3O3S.ClH/c19-15-6-8-16(9-7-15)26(24,25)22-10-2-4-14(12-22)18(23)21-17-5-1-3-13(17)11-20;/h6-9,13-14,17H,1-5,10-12,20H2,(H,21,23);1H. The Morgan fingerprint density at radius 3 is 2.56 bits per heavy atom. The molecule has 3 atom stereocenters. The summed E-state index contributed by atoms with van der Waals surface area (Å²) < 4.78 is 39.9. The molecule has 1 aliphatic heterocycles. The second kappa shape index (κ2) is 9.32. The van der Waals surface area contributed by atoms with Gasteiger partial charge in [-0.1, -0.05) is 6.42 Å². The summed E-state index contributed by atoms with van der Waals surface area (Å²) in [6, 6.07) is 4.89. The molecule has 0 spiro atoms. The van der Waals surface area contributed by atoms with E-state index in [2.05, 4.69) is 5.32 Å². The van der Waals surface area contributed by atoms with Crippen LogP contribution in [0.2, 0.25) is 0 Å². The Bertz CT molecular complexity index is 745. The highest BCUT2D eigenvalue weighted by molar-refractivity contribution is 7.89. The van der Waals surface area contributed by atoms with E-state index in [1.54, 1.807) is 0 Å². The number of halogens is 2. The SMILES string of the molecule is Cl.NCC1CCCC1NC(=O)C1CCCN(S(=O)(=O)c2ccc(F)cc2)C1. The molecule has 0 bridgehead atoms. The van der Waals surface area contributed by atoms with Crippen molar-refractivity contribution < 1.29 is 17.6 Å².